The van der Waals surface area contributed by atoms with Crippen LogP contribution in [-0.2, 0) is 12.0 Å². The van der Waals surface area contributed by atoms with Gasteiger partial charge in [0.25, 0.3) is 0 Å². The number of rotatable bonds is 8. The van der Waals surface area contributed by atoms with Crippen LogP contribution in [0.5, 0.6) is 0 Å². The number of hydrogen-bond donors (Lipinski definition) is 1. The first-order chi connectivity index (χ1) is 8.99. The normalized spacial score (nSPS) is 12.4. The first-order valence-corrected chi connectivity index (χ1v) is 8.55. The third-order valence-electron chi connectivity index (χ3n) is 3.56. The zero-order valence-electron chi connectivity index (χ0n) is 13.5. The minimum Gasteiger partial charge on any atom is -0.303 e. The maximum atomic E-state index is 4.95. The smallest absolute Gasteiger partial charge is 0.113 e. The van der Waals surface area contributed by atoms with Gasteiger partial charge < -0.3 is 5.32 Å². The third-order valence-corrected chi connectivity index (χ3v) is 4.77. The highest BCUT2D eigenvalue weighted by atomic mass is 32.1. The van der Waals surface area contributed by atoms with Crippen LogP contribution in [0.15, 0.2) is 0 Å². The monoisotopic (exact) mass is 282 g/mol. The van der Waals surface area contributed by atoms with E-state index in [1.54, 1.807) is 0 Å². The van der Waals surface area contributed by atoms with Crippen LogP contribution in [0, 0.1) is 6.92 Å². The van der Waals surface area contributed by atoms with Crippen molar-refractivity contribution in [1.82, 2.24) is 10.3 Å². The van der Waals surface area contributed by atoms with Crippen molar-refractivity contribution in [1.29, 1.82) is 0 Å². The summed E-state index contributed by atoms with van der Waals surface area (Å²) in [6.45, 7) is 13.4. The van der Waals surface area contributed by atoms with E-state index in [9.17, 15) is 0 Å². The third kappa shape index (κ3) is 4.03. The molecule has 3 heteroatoms. The lowest BCUT2D eigenvalue weighted by Crippen LogP contribution is -2.46. The topological polar surface area (TPSA) is 24.9 Å². The quantitative estimate of drug-likeness (QED) is 0.740. The van der Waals surface area contributed by atoms with Crippen molar-refractivity contribution in [3.8, 4) is 0 Å². The summed E-state index contributed by atoms with van der Waals surface area (Å²) in [7, 11) is 0. The van der Waals surface area contributed by atoms with Crippen LogP contribution < -0.4 is 5.32 Å². The van der Waals surface area contributed by atoms with Crippen LogP contribution in [0.3, 0.4) is 0 Å². The van der Waals surface area contributed by atoms with Gasteiger partial charge in [0.1, 0.15) is 5.01 Å². The molecule has 0 spiro atoms. The Morgan fingerprint density at radius 1 is 1.16 bits per heavy atom. The first-order valence-electron chi connectivity index (χ1n) is 7.73. The Labute approximate surface area is 123 Å². The Bertz CT molecular complexity index is 376. The minimum atomic E-state index is 0.0838. The molecule has 0 aliphatic heterocycles. The average Bonchev–Trinajstić information content (AvgIpc) is 2.70. The van der Waals surface area contributed by atoms with E-state index in [2.05, 4.69) is 46.9 Å². The highest BCUT2D eigenvalue weighted by Crippen LogP contribution is 2.36. The minimum absolute atomic E-state index is 0.0838. The lowest BCUT2D eigenvalue weighted by atomic mass is 9.88. The van der Waals surface area contributed by atoms with Gasteiger partial charge in [0.05, 0.1) is 11.2 Å². The summed E-state index contributed by atoms with van der Waals surface area (Å²) in [6.07, 6.45) is 5.78. The van der Waals surface area contributed by atoms with E-state index in [0.29, 0.717) is 6.04 Å². The summed E-state index contributed by atoms with van der Waals surface area (Å²) in [5, 5.41) is 5.13. The second kappa shape index (κ2) is 7.39. The summed E-state index contributed by atoms with van der Waals surface area (Å²) in [5.41, 5.74) is 1.36. The van der Waals surface area contributed by atoms with Crippen molar-refractivity contribution < 1.29 is 0 Å². The molecule has 0 aliphatic rings. The van der Waals surface area contributed by atoms with Gasteiger partial charge in [-0.3, -0.25) is 0 Å². The molecule has 0 bridgehead atoms. The molecule has 0 unspecified atom stereocenters. The predicted octanol–water partition coefficient (Wildman–Crippen LogP) is 4.81. The Kier molecular flexibility index (Phi) is 6.48. The van der Waals surface area contributed by atoms with Crippen molar-refractivity contribution in [2.75, 3.05) is 0 Å². The van der Waals surface area contributed by atoms with Crippen LogP contribution in [0.25, 0.3) is 0 Å². The van der Waals surface area contributed by atoms with E-state index in [1.807, 2.05) is 11.3 Å². The first kappa shape index (κ1) is 16.6. The Morgan fingerprint density at radius 2 is 1.74 bits per heavy atom. The van der Waals surface area contributed by atoms with Gasteiger partial charge in [-0.15, -0.1) is 11.3 Å². The number of hydrogen-bond acceptors (Lipinski definition) is 3. The molecule has 0 aromatic carbocycles. The second-order valence-electron chi connectivity index (χ2n) is 5.76. The molecule has 1 aromatic rings. The summed E-state index contributed by atoms with van der Waals surface area (Å²) >= 11 is 1.89. The molecular weight excluding hydrogens is 252 g/mol. The Morgan fingerprint density at radius 3 is 2.11 bits per heavy atom. The maximum absolute atomic E-state index is 4.95. The van der Waals surface area contributed by atoms with Gasteiger partial charge in [-0.1, -0.05) is 33.6 Å². The summed E-state index contributed by atoms with van der Waals surface area (Å²) in [4.78, 5) is 6.34. The van der Waals surface area contributed by atoms with Crippen molar-refractivity contribution in [3.05, 3.63) is 15.6 Å². The molecule has 0 amide bonds. The van der Waals surface area contributed by atoms with Gasteiger partial charge in [0.2, 0.25) is 0 Å². The van der Waals surface area contributed by atoms with Gasteiger partial charge in [0, 0.05) is 10.9 Å². The second-order valence-corrected chi connectivity index (χ2v) is 6.96. The fourth-order valence-corrected chi connectivity index (χ4v) is 4.12. The molecule has 0 saturated heterocycles. The predicted molar refractivity (Wildman–Crippen MR) is 86.0 cm³/mol. The van der Waals surface area contributed by atoms with Crippen LogP contribution in [0.1, 0.15) is 75.9 Å². The average molecular weight is 282 g/mol. The fourth-order valence-electron chi connectivity index (χ4n) is 2.91. The van der Waals surface area contributed by atoms with Crippen molar-refractivity contribution in [2.24, 2.45) is 0 Å². The van der Waals surface area contributed by atoms with Crippen LogP contribution >= 0.6 is 11.3 Å². The van der Waals surface area contributed by atoms with E-state index in [4.69, 9.17) is 4.98 Å². The maximum Gasteiger partial charge on any atom is 0.113 e. The van der Waals surface area contributed by atoms with E-state index < -0.39 is 0 Å². The van der Waals surface area contributed by atoms with E-state index in [-0.39, 0.29) is 5.54 Å². The molecular formula is C16H30N2S. The number of nitrogens with zero attached hydrogens (tertiary/aromatic N) is 1. The van der Waals surface area contributed by atoms with E-state index in [1.165, 1.54) is 41.3 Å². The summed E-state index contributed by atoms with van der Waals surface area (Å²) in [6, 6.07) is 0.493. The van der Waals surface area contributed by atoms with E-state index in [0.717, 1.165) is 6.42 Å². The lowest BCUT2D eigenvalue weighted by Gasteiger charge is -2.35. The standard InChI is InChI=1S/C16H30N2S/c1-7-10-16(11-8-2,18-12(4)5)15-17-14(9-3)13(6)19-15/h12,18H,7-11H2,1-6H3. The van der Waals surface area contributed by atoms with Crippen molar-refractivity contribution in [3.63, 3.8) is 0 Å². The largest absolute Gasteiger partial charge is 0.303 e. The lowest BCUT2D eigenvalue weighted by molar-refractivity contribution is 0.257. The van der Waals surface area contributed by atoms with Crippen molar-refractivity contribution >= 4 is 11.3 Å². The Hall–Kier alpha value is -0.410. The van der Waals surface area contributed by atoms with Gasteiger partial charge >= 0.3 is 0 Å². The summed E-state index contributed by atoms with van der Waals surface area (Å²) < 4.78 is 0. The van der Waals surface area contributed by atoms with Gasteiger partial charge in [-0.2, -0.15) is 0 Å². The number of thiazole rings is 1. The number of aromatic nitrogens is 1. The fraction of sp³-hybridized carbons (Fsp3) is 0.812. The molecule has 2 nitrogen and oxygen atoms in total. The summed E-state index contributed by atoms with van der Waals surface area (Å²) in [5.74, 6) is 0. The van der Waals surface area contributed by atoms with Crippen LogP contribution in [-0.4, -0.2) is 11.0 Å². The highest BCUT2D eigenvalue weighted by Gasteiger charge is 2.34. The molecule has 0 atom stereocenters. The highest BCUT2D eigenvalue weighted by molar-refractivity contribution is 7.11. The van der Waals surface area contributed by atoms with E-state index >= 15 is 0 Å². The molecule has 1 N–H and O–H groups in total. The van der Waals surface area contributed by atoms with Crippen LogP contribution in [0.4, 0.5) is 0 Å². The molecule has 1 heterocycles. The number of aryl methyl sites for hydroxylation is 2. The van der Waals surface area contributed by atoms with Crippen LogP contribution in [0.2, 0.25) is 0 Å². The van der Waals surface area contributed by atoms with Gasteiger partial charge in [-0.25, -0.2) is 4.98 Å². The zero-order chi connectivity index (χ0) is 14.5. The molecule has 0 aliphatic carbocycles. The molecule has 0 saturated carbocycles. The van der Waals surface area contributed by atoms with Crippen molar-refractivity contribution in [2.45, 2.75) is 85.2 Å². The SMILES string of the molecule is CCCC(CCC)(NC(C)C)c1nc(CC)c(C)s1. The molecule has 1 aromatic heterocycles. The molecule has 1 rings (SSSR count). The van der Waals surface area contributed by atoms with Gasteiger partial charge in [0.15, 0.2) is 0 Å². The van der Waals surface area contributed by atoms with Gasteiger partial charge in [-0.05, 0) is 40.0 Å². The number of nitrogens with one attached hydrogen (secondary N) is 1. The zero-order valence-corrected chi connectivity index (χ0v) is 14.3. The molecule has 0 radical (unpaired) electrons. The molecule has 19 heavy (non-hydrogen) atoms. The Balaban J connectivity index is 3.17. The molecule has 110 valence electrons. The molecule has 0 fully saturated rings.